The van der Waals surface area contributed by atoms with Gasteiger partial charge < -0.3 is 10.1 Å². The average Bonchev–Trinajstić information content (AvgIpc) is 2.52. The van der Waals surface area contributed by atoms with Gasteiger partial charge in [-0.05, 0) is 25.5 Å². The molecule has 0 amide bonds. The molecule has 112 valence electrons. The Hall–Kier alpha value is -2.10. The maximum absolute atomic E-state index is 11.7. The second-order valence-corrected chi connectivity index (χ2v) is 5.07. The third-order valence-corrected chi connectivity index (χ3v) is 3.42. The molecule has 4 heteroatoms. The highest BCUT2D eigenvalue weighted by molar-refractivity contribution is 5.91. The van der Waals surface area contributed by atoms with E-state index in [0.717, 1.165) is 28.7 Å². The quantitative estimate of drug-likeness (QED) is 0.827. The number of carbonyl (C=O) groups is 1. The molecule has 1 N–H and O–H groups in total. The third kappa shape index (κ3) is 3.72. The largest absolute Gasteiger partial charge is 0.466 e. The van der Waals surface area contributed by atoms with Crippen molar-refractivity contribution in [2.75, 3.05) is 18.5 Å². The highest BCUT2D eigenvalue weighted by Crippen LogP contribution is 2.23. The molecule has 21 heavy (non-hydrogen) atoms. The van der Waals surface area contributed by atoms with Gasteiger partial charge in [-0.1, -0.05) is 32.0 Å². The Bertz CT molecular complexity index is 625. The highest BCUT2D eigenvalue weighted by atomic mass is 16.5. The Morgan fingerprint density at radius 1 is 1.33 bits per heavy atom. The maximum atomic E-state index is 11.7. The van der Waals surface area contributed by atoms with Gasteiger partial charge in [0.2, 0.25) is 0 Å². The zero-order chi connectivity index (χ0) is 15.2. The van der Waals surface area contributed by atoms with Crippen LogP contribution >= 0.6 is 0 Å². The van der Waals surface area contributed by atoms with Gasteiger partial charge in [0.25, 0.3) is 0 Å². The number of hydrogen-bond donors (Lipinski definition) is 1. The van der Waals surface area contributed by atoms with Crippen molar-refractivity contribution in [1.29, 1.82) is 0 Å². The number of aryl methyl sites for hydroxylation is 1. The van der Waals surface area contributed by atoms with Crippen LogP contribution in [0.3, 0.4) is 0 Å². The monoisotopic (exact) mass is 286 g/mol. The number of carbonyl (C=O) groups excluding carboxylic acids is 1. The molecule has 1 unspecified atom stereocenters. The van der Waals surface area contributed by atoms with Gasteiger partial charge in [-0.2, -0.15) is 0 Å². The molecule has 1 heterocycles. The number of ether oxygens (including phenoxy) is 1. The zero-order valence-corrected chi connectivity index (χ0v) is 12.8. The number of rotatable bonds is 6. The van der Waals surface area contributed by atoms with Crippen molar-refractivity contribution in [2.24, 2.45) is 5.92 Å². The molecule has 1 aromatic heterocycles. The van der Waals surface area contributed by atoms with E-state index in [1.165, 1.54) is 0 Å². The summed E-state index contributed by atoms with van der Waals surface area (Å²) in [7, 11) is 0. The smallest absolute Gasteiger partial charge is 0.310 e. The van der Waals surface area contributed by atoms with Gasteiger partial charge in [0.05, 0.1) is 18.0 Å². The van der Waals surface area contributed by atoms with Crippen LogP contribution in [0.5, 0.6) is 0 Å². The Morgan fingerprint density at radius 3 is 2.81 bits per heavy atom. The first kappa shape index (κ1) is 15.3. The fourth-order valence-corrected chi connectivity index (χ4v) is 2.19. The van der Waals surface area contributed by atoms with Crippen LogP contribution in [-0.4, -0.2) is 24.1 Å². The van der Waals surface area contributed by atoms with Crippen molar-refractivity contribution in [1.82, 2.24) is 4.98 Å². The Kier molecular flexibility index (Phi) is 5.14. The average molecular weight is 286 g/mol. The Labute approximate surface area is 125 Å². The lowest BCUT2D eigenvalue weighted by Crippen LogP contribution is -2.22. The molecule has 4 nitrogen and oxygen atoms in total. The minimum Gasteiger partial charge on any atom is -0.466 e. The van der Waals surface area contributed by atoms with Crippen LogP contribution in [0, 0.1) is 5.92 Å². The van der Waals surface area contributed by atoms with Crippen LogP contribution in [0.15, 0.2) is 30.3 Å². The predicted molar refractivity (Wildman–Crippen MR) is 85.4 cm³/mol. The van der Waals surface area contributed by atoms with Gasteiger partial charge in [0.1, 0.15) is 0 Å². The van der Waals surface area contributed by atoms with Gasteiger partial charge in [-0.3, -0.25) is 9.78 Å². The molecule has 0 aliphatic heterocycles. The van der Waals surface area contributed by atoms with Crippen molar-refractivity contribution in [2.45, 2.75) is 27.2 Å². The van der Waals surface area contributed by atoms with E-state index in [1.807, 2.05) is 38.1 Å². The van der Waals surface area contributed by atoms with Crippen molar-refractivity contribution in [3.8, 4) is 0 Å². The lowest BCUT2D eigenvalue weighted by molar-refractivity contribution is -0.146. The predicted octanol–water partition coefficient (Wildman–Crippen LogP) is 3.41. The number of para-hydroxylation sites is 1. The number of hydrogen-bond acceptors (Lipinski definition) is 4. The van der Waals surface area contributed by atoms with Crippen LogP contribution in [0.25, 0.3) is 10.9 Å². The van der Waals surface area contributed by atoms with Crippen LogP contribution in [-0.2, 0) is 16.0 Å². The Balaban J connectivity index is 2.19. The number of benzene rings is 1. The molecular weight excluding hydrogens is 264 g/mol. The van der Waals surface area contributed by atoms with E-state index >= 15 is 0 Å². The first-order valence-corrected chi connectivity index (χ1v) is 7.44. The minimum atomic E-state index is -0.179. The second kappa shape index (κ2) is 7.07. The molecule has 0 saturated carbocycles. The first-order valence-electron chi connectivity index (χ1n) is 7.44. The SMILES string of the molecule is CCOC(=O)C(C)CNc1cc(CC)nc2ccccc12. The lowest BCUT2D eigenvalue weighted by Gasteiger charge is -2.15. The van der Waals surface area contributed by atoms with Gasteiger partial charge in [-0.15, -0.1) is 0 Å². The summed E-state index contributed by atoms with van der Waals surface area (Å²) in [6.45, 7) is 6.75. The summed E-state index contributed by atoms with van der Waals surface area (Å²) in [6, 6.07) is 10.1. The fraction of sp³-hybridized carbons (Fsp3) is 0.412. The summed E-state index contributed by atoms with van der Waals surface area (Å²) in [5.74, 6) is -0.346. The zero-order valence-electron chi connectivity index (χ0n) is 12.8. The van der Waals surface area contributed by atoms with Gasteiger partial charge in [0, 0.05) is 23.3 Å². The number of anilines is 1. The molecule has 2 aromatic rings. The lowest BCUT2D eigenvalue weighted by atomic mass is 10.1. The second-order valence-electron chi connectivity index (χ2n) is 5.07. The summed E-state index contributed by atoms with van der Waals surface area (Å²) in [5, 5.41) is 4.44. The summed E-state index contributed by atoms with van der Waals surface area (Å²) >= 11 is 0. The van der Waals surface area contributed by atoms with E-state index < -0.39 is 0 Å². The van der Waals surface area contributed by atoms with E-state index in [2.05, 4.69) is 23.3 Å². The standard InChI is InChI=1S/C17H22N2O2/c1-4-13-10-16(14-8-6-7-9-15(14)19-13)18-11-12(3)17(20)21-5-2/h6-10,12H,4-5,11H2,1-3H3,(H,18,19). The van der Waals surface area contributed by atoms with Crippen molar-refractivity contribution >= 4 is 22.6 Å². The molecule has 2 rings (SSSR count). The molecule has 0 fully saturated rings. The van der Waals surface area contributed by atoms with Crippen molar-refractivity contribution < 1.29 is 9.53 Å². The van der Waals surface area contributed by atoms with Gasteiger partial charge >= 0.3 is 5.97 Å². The molecule has 1 atom stereocenters. The van der Waals surface area contributed by atoms with Crippen LogP contribution < -0.4 is 5.32 Å². The van der Waals surface area contributed by atoms with E-state index in [0.29, 0.717) is 13.2 Å². The van der Waals surface area contributed by atoms with Crippen LogP contribution in [0.2, 0.25) is 0 Å². The molecule has 0 aliphatic carbocycles. The van der Waals surface area contributed by atoms with Gasteiger partial charge in [-0.25, -0.2) is 0 Å². The molecule has 0 saturated heterocycles. The van der Waals surface area contributed by atoms with Crippen molar-refractivity contribution in [3.63, 3.8) is 0 Å². The third-order valence-electron chi connectivity index (χ3n) is 3.42. The van der Waals surface area contributed by atoms with Crippen molar-refractivity contribution in [3.05, 3.63) is 36.0 Å². The summed E-state index contributed by atoms with van der Waals surface area (Å²) < 4.78 is 5.03. The van der Waals surface area contributed by atoms with E-state index in [-0.39, 0.29) is 11.9 Å². The van der Waals surface area contributed by atoms with Gasteiger partial charge in [0.15, 0.2) is 0 Å². The number of aromatic nitrogens is 1. The number of fused-ring (bicyclic) bond motifs is 1. The Morgan fingerprint density at radius 2 is 2.10 bits per heavy atom. The molecule has 0 radical (unpaired) electrons. The number of pyridine rings is 1. The number of nitrogens with one attached hydrogen (secondary N) is 1. The number of esters is 1. The van der Waals surface area contributed by atoms with E-state index in [9.17, 15) is 4.79 Å². The topological polar surface area (TPSA) is 51.2 Å². The van der Waals surface area contributed by atoms with Crippen LogP contribution in [0.4, 0.5) is 5.69 Å². The summed E-state index contributed by atoms with van der Waals surface area (Å²) in [6.07, 6.45) is 0.882. The molecule has 0 spiro atoms. The van der Waals surface area contributed by atoms with E-state index in [1.54, 1.807) is 0 Å². The highest BCUT2D eigenvalue weighted by Gasteiger charge is 2.14. The number of nitrogens with zero attached hydrogens (tertiary/aromatic N) is 1. The fourth-order valence-electron chi connectivity index (χ4n) is 2.19. The first-order chi connectivity index (χ1) is 10.2. The molecule has 0 aliphatic rings. The summed E-state index contributed by atoms with van der Waals surface area (Å²) in [5.41, 5.74) is 3.04. The molecular formula is C17H22N2O2. The minimum absolute atomic E-state index is 0.168. The molecule has 1 aromatic carbocycles. The normalized spacial score (nSPS) is 12.1. The van der Waals surface area contributed by atoms with E-state index in [4.69, 9.17) is 4.74 Å². The summed E-state index contributed by atoms with van der Waals surface area (Å²) in [4.78, 5) is 16.3. The maximum Gasteiger partial charge on any atom is 0.310 e. The van der Waals surface area contributed by atoms with Crippen LogP contribution in [0.1, 0.15) is 26.5 Å². The molecule has 0 bridgehead atoms.